The number of Topliss-reactive ketones (excluding diaryl/α,β-unsaturated/α-hetero) is 3. The average molecular weight is 1160 g/mol. The molecule has 5 rings (SSSR count). The zero-order valence-corrected chi connectivity index (χ0v) is 47.4. The number of aliphatic hydroxyl groups is 3. The molecule has 3 N–H and O–H groups in total. The van der Waals surface area contributed by atoms with Gasteiger partial charge in [-0.1, -0.05) is 88.3 Å². The van der Waals surface area contributed by atoms with Crippen LogP contribution in [0.25, 0.3) is 10.4 Å². The lowest BCUT2D eigenvalue weighted by molar-refractivity contribution is -0.266. The van der Waals surface area contributed by atoms with Crippen molar-refractivity contribution in [2.45, 2.75) is 187 Å². The first-order valence-corrected chi connectivity index (χ1v) is 27.8. The molecule has 15 atom stereocenters. The molecule has 0 aromatic heterocycles. The van der Waals surface area contributed by atoms with Gasteiger partial charge in [-0.2, -0.15) is 0 Å². The number of nitrogens with zero attached hydrogens (tertiary/aromatic N) is 4. The molecule has 75 heavy (non-hydrogen) atoms. The first kappa shape index (κ1) is 61.7. The quantitative estimate of drug-likeness (QED) is 0.0397. The molecular weight excluding hydrogens is 1080 g/mol. The van der Waals surface area contributed by atoms with Gasteiger partial charge in [0.25, 0.3) is 11.7 Å². The number of carbonyl (C=O) groups is 5. The normalized spacial score (nSPS) is 36.4. The zero-order chi connectivity index (χ0) is 55.1. The number of hydrogen-bond donors (Lipinski definition) is 3. The minimum Gasteiger partial charge on any atom is -0.460 e. The van der Waals surface area contributed by atoms with E-state index in [1.807, 2.05) is 63.3 Å². The van der Waals surface area contributed by atoms with Crippen LogP contribution in [0.5, 0.6) is 0 Å². The minimum atomic E-state index is -2.51. The van der Waals surface area contributed by atoms with Crippen LogP contribution in [-0.4, -0.2) is 125 Å². The molecule has 18 heteroatoms. The molecule has 1 aliphatic carbocycles. The van der Waals surface area contributed by atoms with Crippen LogP contribution in [0.15, 0.2) is 70.9 Å². The number of hydrogen-bond acceptors (Lipinski definition) is 14. The highest BCUT2D eigenvalue weighted by molar-refractivity contribution is 14.1. The van der Waals surface area contributed by atoms with Crippen molar-refractivity contribution >= 4 is 57.5 Å². The first-order valence-electron chi connectivity index (χ1n) is 26.7. The Bertz CT molecular complexity index is 2330. The van der Waals surface area contributed by atoms with E-state index < -0.39 is 83.9 Å². The minimum absolute atomic E-state index is 0.0294. The molecule has 1 saturated carbocycles. The lowest BCUT2D eigenvalue weighted by atomic mass is 9.78. The van der Waals surface area contributed by atoms with E-state index in [-0.39, 0.29) is 67.8 Å². The molecule has 2 bridgehead atoms. The summed E-state index contributed by atoms with van der Waals surface area (Å²) < 4.78 is 31.1. The van der Waals surface area contributed by atoms with Crippen molar-refractivity contribution in [3.05, 3.63) is 85.4 Å². The SMILES string of the molecule is CO[C@@H]1C[C@H](C[C@@H](C)[C@@H]2CC(=O)[C@H](C)/C=C(\C)[C@@H](O)[C@@H](OC)C(=O)[C@H](C)C[C@H](C)/C=C/C=C/C=C(\C)[C@H](OCc3ccc(N=[N+]=[N-])c(I)c3)C[C@@H]3CC[C@@H](C)[C@@](O)(O3)C(=O)C(=O)N3CCCC[C@H]3C(=O)O2)CC[C@H]1O. The van der Waals surface area contributed by atoms with Gasteiger partial charge in [-0.25, -0.2) is 4.79 Å². The molecule has 0 spiro atoms. The molecule has 4 aliphatic rings. The third-order valence-corrected chi connectivity index (χ3v) is 16.7. The van der Waals surface area contributed by atoms with Gasteiger partial charge in [0.15, 0.2) is 5.78 Å². The van der Waals surface area contributed by atoms with Gasteiger partial charge in [-0.05, 0) is 147 Å². The molecule has 17 nitrogen and oxygen atoms in total. The molecule has 3 aliphatic heterocycles. The first-order chi connectivity index (χ1) is 35.6. The number of esters is 1. The Morgan fingerprint density at radius 3 is 2.37 bits per heavy atom. The summed E-state index contributed by atoms with van der Waals surface area (Å²) in [6.45, 7) is 12.8. The van der Waals surface area contributed by atoms with Crippen LogP contribution in [0, 0.1) is 39.1 Å². The number of aliphatic hydroxyl groups excluding tert-OH is 2. The van der Waals surface area contributed by atoms with Crippen molar-refractivity contribution in [1.29, 1.82) is 0 Å². The largest absolute Gasteiger partial charge is 0.460 e. The van der Waals surface area contributed by atoms with Gasteiger partial charge in [0.05, 0.1) is 36.7 Å². The second-order valence-corrected chi connectivity index (χ2v) is 22.8. The van der Waals surface area contributed by atoms with E-state index in [0.29, 0.717) is 69.0 Å². The lowest BCUT2D eigenvalue weighted by Gasteiger charge is -2.43. The maximum absolute atomic E-state index is 14.5. The van der Waals surface area contributed by atoms with Crippen molar-refractivity contribution in [2.24, 2.45) is 40.6 Å². The fraction of sp³-hybridized carbons (Fsp3) is 0.667. The van der Waals surface area contributed by atoms with Gasteiger partial charge in [0.1, 0.15) is 30.1 Å². The fourth-order valence-electron chi connectivity index (χ4n) is 11.0. The molecule has 0 radical (unpaired) electrons. The number of ether oxygens (including phenoxy) is 5. The Balaban J connectivity index is 1.50. The maximum atomic E-state index is 14.5. The molecule has 3 fully saturated rings. The number of allylic oxidation sites excluding steroid dienone is 6. The van der Waals surface area contributed by atoms with E-state index in [2.05, 4.69) is 32.6 Å². The van der Waals surface area contributed by atoms with Crippen LogP contribution in [0.3, 0.4) is 0 Å². The van der Waals surface area contributed by atoms with Crippen molar-refractivity contribution in [1.82, 2.24) is 4.90 Å². The fourth-order valence-corrected chi connectivity index (χ4v) is 11.7. The number of halogens is 1. The predicted molar refractivity (Wildman–Crippen MR) is 291 cm³/mol. The van der Waals surface area contributed by atoms with Gasteiger partial charge in [-0.3, -0.25) is 19.2 Å². The van der Waals surface area contributed by atoms with Crippen LogP contribution in [0.1, 0.15) is 131 Å². The number of benzene rings is 1. The van der Waals surface area contributed by atoms with Crippen molar-refractivity contribution in [3.8, 4) is 0 Å². The molecule has 414 valence electrons. The Labute approximate surface area is 456 Å². The van der Waals surface area contributed by atoms with E-state index in [1.165, 1.54) is 12.0 Å². The van der Waals surface area contributed by atoms with Crippen LogP contribution >= 0.6 is 22.6 Å². The van der Waals surface area contributed by atoms with Crippen molar-refractivity contribution in [3.63, 3.8) is 0 Å². The van der Waals surface area contributed by atoms with E-state index in [0.717, 1.165) is 14.7 Å². The molecule has 1 amide bonds. The second-order valence-electron chi connectivity index (χ2n) is 21.6. The third-order valence-electron chi connectivity index (χ3n) is 15.8. The number of azide groups is 1. The molecule has 3 heterocycles. The number of piperidine rings is 1. The van der Waals surface area contributed by atoms with E-state index in [4.69, 9.17) is 29.2 Å². The standard InChI is InChI=1S/C57H81IN4O13/c1-33-15-11-10-12-16-34(2)48(73-32-41-19-22-44(60-61-59)43(58)28-41)30-42-21-18-39(7)57(70,75-42)54(67)55(68)62-24-14-13-17-45(62)56(69)74-49(36(4)27-40-20-23-46(63)50(29-40)71-8)31-47(64)35(3)26-38(6)52(66)53(72-9)51(65)37(5)25-33/h10-12,15-16,19,22,26,28,33,35-37,39-40,42,45-46,48-50,52-53,63,66,70H,13-14,17-18,20-21,23-25,27,29-32H2,1-9H3/b12-10+,15-11+,34-16+,38-26+/t33-,35-,36-,37-,39-,40+,42+,45+,46-,48-,49+,50-,52-,53+,57-/m1/s1. The summed E-state index contributed by atoms with van der Waals surface area (Å²) in [4.78, 5) is 75.7. The maximum Gasteiger partial charge on any atom is 0.329 e. The summed E-state index contributed by atoms with van der Waals surface area (Å²) in [5.41, 5.74) is 11.5. The van der Waals surface area contributed by atoms with Crippen LogP contribution in [0.2, 0.25) is 0 Å². The predicted octanol–water partition coefficient (Wildman–Crippen LogP) is 9.30. The molecular formula is C57H81IN4O13. The number of carbonyl (C=O) groups excluding carboxylic acids is 5. The lowest BCUT2D eigenvalue weighted by Crippen LogP contribution is -2.61. The Kier molecular flexibility index (Phi) is 23.9. The summed E-state index contributed by atoms with van der Waals surface area (Å²) in [7, 11) is 2.93. The van der Waals surface area contributed by atoms with E-state index in [9.17, 15) is 39.3 Å². The summed E-state index contributed by atoms with van der Waals surface area (Å²) in [6, 6.07) is 4.20. The van der Waals surface area contributed by atoms with Crippen molar-refractivity contribution < 1.29 is 63.0 Å². The van der Waals surface area contributed by atoms with Crippen molar-refractivity contribution in [2.75, 3.05) is 20.8 Å². The topological polar surface area (TPSA) is 244 Å². The highest BCUT2D eigenvalue weighted by atomic mass is 127. The van der Waals surface area contributed by atoms with Crippen LogP contribution in [-0.2, 0) is 54.3 Å². The third kappa shape index (κ3) is 16.7. The zero-order valence-electron chi connectivity index (χ0n) is 45.3. The smallest absolute Gasteiger partial charge is 0.329 e. The monoisotopic (exact) mass is 1160 g/mol. The van der Waals surface area contributed by atoms with Crippen LogP contribution in [0.4, 0.5) is 5.69 Å². The average Bonchev–Trinajstić information content (AvgIpc) is 3.38. The van der Waals surface area contributed by atoms with E-state index >= 15 is 0 Å². The van der Waals surface area contributed by atoms with Gasteiger partial charge >= 0.3 is 5.97 Å². The highest BCUT2D eigenvalue weighted by Gasteiger charge is 2.53. The van der Waals surface area contributed by atoms with Gasteiger partial charge in [0.2, 0.25) is 5.79 Å². The summed E-state index contributed by atoms with van der Waals surface area (Å²) >= 11 is 2.10. The Hall–Kier alpha value is -4.11. The summed E-state index contributed by atoms with van der Waals surface area (Å²) in [5.74, 6) is -8.40. The number of fused-ring (bicyclic) bond motifs is 3. The molecule has 0 unspecified atom stereocenters. The van der Waals surface area contributed by atoms with Gasteiger partial charge < -0.3 is 43.9 Å². The Morgan fingerprint density at radius 2 is 1.68 bits per heavy atom. The molecule has 2 saturated heterocycles. The number of methoxy groups -OCH3 is 2. The molecule has 1 aromatic rings. The summed E-state index contributed by atoms with van der Waals surface area (Å²) in [6.07, 6.45) is 10.3. The second kappa shape index (κ2) is 29.0. The molecule has 1 aromatic carbocycles. The number of rotatable bonds is 9. The Morgan fingerprint density at radius 1 is 0.933 bits per heavy atom. The van der Waals surface area contributed by atoms with Crippen LogP contribution < -0.4 is 0 Å². The van der Waals surface area contributed by atoms with Gasteiger partial charge in [-0.15, -0.1) is 0 Å². The number of amides is 1. The number of cyclic esters (lactones) is 1. The number of ketones is 3. The van der Waals surface area contributed by atoms with E-state index in [1.54, 1.807) is 46.9 Å². The highest BCUT2D eigenvalue weighted by Crippen LogP contribution is 2.38. The van der Waals surface area contributed by atoms with Gasteiger partial charge in [0, 0.05) is 59.8 Å². The summed E-state index contributed by atoms with van der Waals surface area (Å²) in [5, 5.41) is 38.0.